The maximum atomic E-state index is 4.59. The van der Waals surface area contributed by atoms with Gasteiger partial charge in [-0.1, -0.05) is 0 Å². The number of hydrogen-bond acceptors (Lipinski definition) is 4. The van der Waals surface area contributed by atoms with Gasteiger partial charge in [-0.15, -0.1) is 9.98 Å². The number of hydrogen-bond donors (Lipinski definition) is 0. The molecule has 6 nitrogen and oxygen atoms in total. The minimum atomic E-state index is 0.866. The summed E-state index contributed by atoms with van der Waals surface area (Å²) in [5.41, 5.74) is 18.4. The fraction of sp³-hybridized carbons (Fsp3) is 0.357. The molecule has 6 heteroatoms. The van der Waals surface area contributed by atoms with Gasteiger partial charge in [-0.3, -0.25) is 0 Å². The van der Waals surface area contributed by atoms with Crippen LogP contribution in [0.2, 0.25) is 0 Å². The van der Waals surface area contributed by atoms with Gasteiger partial charge in [0, 0.05) is 23.2 Å². The van der Waals surface area contributed by atoms with E-state index in [-0.39, 0.29) is 0 Å². The van der Waals surface area contributed by atoms with E-state index < -0.39 is 0 Å². The Morgan fingerprint density at radius 2 is 0.812 bits per heavy atom. The van der Waals surface area contributed by atoms with Crippen molar-refractivity contribution in [2.75, 3.05) is 14.1 Å². The smallest absolute Gasteiger partial charge is 0.270 e. The fourth-order valence-corrected chi connectivity index (χ4v) is 8.26. The number of nitrogens with zero attached hydrogens (tertiary/aromatic N) is 6. The first-order valence-corrected chi connectivity index (χ1v) is 16.6. The fourth-order valence-electron chi connectivity index (χ4n) is 8.26. The Labute approximate surface area is 286 Å². The van der Waals surface area contributed by atoms with Crippen LogP contribution in [0.5, 0.6) is 0 Å². The van der Waals surface area contributed by atoms with Crippen molar-refractivity contribution in [3.63, 3.8) is 0 Å². The third kappa shape index (κ3) is 4.41. The molecule has 5 aromatic rings. The normalized spacial score (nSPS) is 13.5. The largest absolute Gasteiger partial charge is 0.313 e. The van der Waals surface area contributed by atoms with Crippen molar-refractivity contribution in [2.45, 2.75) is 83.1 Å². The molecule has 0 amide bonds. The van der Waals surface area contributed by atoms with Crippen molar-refractivity contribution < 1.29 is 4.58 Å². The van der Waals surface area contributed by atoms with Crippen LogP contribution in [0.3, 0.4) is 0 Å². The number of rotatable bonds is 2. The predicted octanol–water partition coefficient (Wildman–Crippen LogP) is 10.0. The molecule has 0 fully saturated rings. The second-order valence-corrected chi connectivity index (χ2v) is 13.6. The predicted molar refractivity (Wildman–Crippen MR) is 212 cm³/mol. The second kappa shape index (κ2) is 12.1. The molecular formula is C42H51N6+. The highest BCUT2D eigenvalue weighted by Crippen LogP contribution is 2.47. The van der Waals surface area contributed by atoms with Crippen molar-refractivity contribution in [3.05, 3.63) is 77.9 Å². The number of aliphatic imine (C=N–C) groups is 4. The molecule has 0 spiro atoms. The molecule has 0 saturated carbocycles. The molecule has 0 bridgehead atoms. The quantitative estimate of drug-likeness (QED) is 0.136. The highest BCUT2D eigenvalue weighted by Gasteiger charge is 2.36. The van der Waals surface area contributed by atoms with Crippen LogP contribution in [0.1, 0.15) is 77.9 Å². The summed E-state index contributed by atoms with van der Waals surface area (Å²) >= 11 is 0. The van der Waals surface area contributed by atoms with Gasteiger partial charge in [0.15, 0.2) is 0 Å². The van der Waals surface area contributed by atoms with Crippen molar-refractivity contribution in [3.8, 4) is 0 Å². The Morgan fingerprint density at radius 3 is 1.27 bits per heavy atom. The second-order valence-electron chi connectivity index (χ2n) is 13.6. The summed E-state index contributed by atoms with van der Waals surface area (Å²) in [6, 6.07) is 0. The molecule has 1 aliphatic rings. The monoisotopic (exact) mass is 639 g/mol. The Bertz CT molecular complexity index is 2370. The third-order valence-corrected chi connectivity index (χ3v) is 11.8. The highest BCUT2D eigenvalue weighted by atomic mass is 15.1. The van der Waals surface area contributed by atoms with Gasteiger partial charge >= 0.3 is 0 Å². The zero-order valence-electron chi connectivity index (χ0n) is 31.8. The van der Waals surface area contributed by atoms with E-state index in [1.54, 1.807) is 0 Å². The minimum absolute atomic E-state index is 0.866. The average Bonchev–Trinajstić information content (AvgIpc) is 3.52. The average molecular weight is 640 g/mol. The number of fused-ring (bicyclic) bond motifs is 6. The summed E-state index contributed by atoms with van der Waals surface area (Å²) in [5, 5.41) is 7.60. The lowest BCUT2D eigenvalue weighted by atomic mass is 9.83. The maximum Gasteiger partial charge on any atom is 0.270 e. The Balaban J connectivity index is 0.000000188. The SMILES string of the molecule is C=NC1=[N+](C)C(=NC)c2c1c(C)c(C)c1c(C)c(C)c(C)c(C)c21.C=Nc1c2c(C)c(C)c3c(C)c(C)c(C)c(C)c3c2c(N=C)n1C. The third-order valence-electron chi connectivity index (χ3n) is 11.8. The van der Waals surface area contributed by atoms with E-state index in [9.17, 15) is 0 Å². The van der Waals surface area contributed by atoms with E-state index in [1.807, 2.05) is 25.7 Å². The Hall–Kier alpha value is -4.71. The molecule has 0 saturated heterocycles. The summed E-state index contributed by atoms with van der Waals surface area (Å²) in [4.78, 5) is 17.5. The van der Waals surface area contributed by atoms with Crippen molar-refractivity contribution >= 4 is 75.8 Å². The molecule has 2 heterocycles. The van der Waals surface area contributed by atoms with E-state index in [0.717, 1.165) is 34.1 Å². The van der Waals surface area contributed by atoms with Crippen molar-refractivity contribution in [2.24, 2.45) is 27.0 Å². The molecule has 1 aliphatic heterocycles. The first-order chi connectivity index (χ1) is 22.5. The summed E-state index contributed by atoms with van der Waals surface area (Å²) in [6.45, 7) is 37.9. The van der Waals surface area contributed by atoms with E-state index >= 15 is 0 Å². The first-order valence-electron chi connectivity index (χ1n) is 16.6. The van der Waals surface area contributed by atoms with Crippen LogP contribution in [-0.4, -0.2) is 55.1 Å². The lowest BCUT2D eigenvalue weighted by Gasteiger charge is -2.20. The van der Waals surface area contributed by atoms with Gasteiger partial charge in [-0.25, -0.2) is 14.6 Å². The van der Waals surface area contributed by atoms with Crippen LogP contribution in [0.15, 0.2) is 20.0 Å². The van der Waals surface area contributed by atoms with E-state index in [1.165, 1.54) is 99.4 Å². The van der Waals surface area contributed by atoms with Crippen LogP contribution >= 0.6 is 0 Å². The summed E-state index contributed by atoms with van der Waals surface area (Å²) in [5.74, 6) is 3.62. The lowest BCUT2D eigenvalue weighted by Crippen LogP contribution is -2.16. The van der Waals surface area contributed by atoms with Crippen LogP contribution in [0.4, 0.5) is 11.6 Å². The van der Waals surface area contributed by atoms with Gasteiger partial charge in [0.05, 0.1) is 31.9 Å². The Morgan fingerprint density at radius 1 is 0.438 bits per heavy atom. The van der Waals surface area contributed by atoms with Crippen LogP contribution in [0, 0.1) is 83.1 Å². The molecule has 0 radical (unpaired) electrons. The van der Waals surface area contributed by atoms with Gasteiger partial charge in [0.25, 0.3) is 11.7 Å². The minimum Gasteiger partial charge on any atom is -0.313 e. The maximum absolute atomic E-state index is 4.59. The summed E-state index contributed by atoms with van der Waals surface area (Å²) < 4.78 is 4.06. The highest BCUT2D eigenvalue weighted by molar-refractivity contribution is 6.24. The van der Waals surface area contributed by atoms with Gasteiger partial charge in [0.2, 0.25) is 0 Å². The van der Waals surface area contributed by atoms with Gasteiger partial charge < -0.3 is 4.57 Å². The number of amidine groups is 2. The van der Waals surface area contributed by atoms with E-state index in [4.69, 9.17) is 0 Å². The van der Waals surface area contributed by atoms with E-state index in [0.29, 0.717) is 0 Å². The molecule has 0 N–H and O–H groups in total. The van der Waals surface area contributed by atoms with Crippen LogP contribution < -0.4 is 0 Å². The van der Waals surface area contributed by atoms with Gasteiger partial charge in [0.1, 0.15) is 11.6 Å². The molecule has 0 unspecified atom stereocenters. The van der Waals surface area contributed by atoms with Crippen molar-refractivity contribution in [1.82, 2.24) is 4.57 Å². The molecule has 4 aromatic carbocycles. The topological polar surface area (TPSA) is 57.4 Å². The molecular weight excluding hydrogens is 589 g/mol. The van der Waals surface area contributed by atoms with Crippen LogP contribution in [0.25, 0.3) is 32.3 Å². The molecule has 248 valence electrons. The zero-order chi connectivity index (χ0) is 35.8. The standard InChI is InChI=1S/C21H26N3.C21H25N3/c2*1-10-11(2)13(4)17-16(12(10)3)14(5)15(6)18-19(17)21(23-8)24(9)20(18)22-7/h7H2,1-6,8-9H3;7-8H2,1-6,9H3/q+1;. The molecule has 6 rings (SSSR count). The van der Waals surface area contributed by atoms with Gasteiger partial charge in [-0.05, 0) is 179 Å². The number of aryl methyl sites for hydroxylation is 7. The summed E-state index contributed by atoms with van der Waals surface area (Å²) in [6.07, 6.45) is 0. The zero-order valence-corrected chi connectivity index (χ0v) is 31.8. The van der Waals surface area contributed by atoms with E-state index in [2.05, 4.69) is 128 Å². The first kappa shape index (κ1) is 34.6. The molecule has 1 aromatic heterocycles. The van der Waals surface area contributed by atoms with Crippen LogP contribution in [-0.2, 0) is 7.05 Å². The summed E-state index contributed by atoms with van der Waals surface area (Å²) in [7, 11) is 5.86. The number of aromatic nitrogens is 1. The van der Waals surface area contributed by atoms with Crippen molar-refractivity contribution in [1.29, 1.82) is 0 Å². The van der Waals surface area contributed by atoms with Gasteiger partial charge in [-0.2, -0.15) is 0 Å². The lowest BCUT2D eigenvalue weighted by molar-refractivity contribution is -0.366. The molecule has 0 atom stereocenters. The molecule has 0 aliphatic carbocycles. The number of benzene rings is 4. The Kier molecular flexibility index (Phi) is 8.70. The molecule has 48 heavy (non-hydrogen) atoms.